The molecule has 0 bridgehead atoms. The van der Waals surface area contributed by atoms with Gasteiger partial charge in [0.15, 0.2) is 0 Å². The van der Waals surface area contributed by atoms with Gasteiger partial charge in [-0.15, -0.1) is 13.2 Å². The second-order valence-corrected chi connectivity index (χ2v) is 3.59. The first-order chi connectivity index (χ1) is 9.15. The number of alkyl halides is 5. The summed E-state index contributed by atoms with van der Waals surface area (Å²) >= 11 is 0. The van der Waals surface area contributed by atoms with Crippen molar-refractivity contribution in [3.05, 3.63) is 23.0 Å². The number of carboxylic acid groups (broad SMARTS) is 1. The summed E-state index contributed by atoms with van der Waals surface area (Å²) in [6.07, 6.45) is -9.03. The molecule has 0 atom stereocenters. The molecule has 0 amide bonds. The van der Waals surface area contributed by atoms with Crippen LogP contribution in [-0.2, 0) is 17.8 Å². The molecule has 1 heterocycles. The Labute approximate surface area is 109 Å². The Morgan fingerprint density at radius 1 is 1.45 bits per heavy atom. The molecule has 1 rings (SSSR count). The fraction of sp³-hybridized carbons (Fsp3) is 0.400. The minimum atomic E-state index is -5.25. The van der Waals surface area contributed by atoms with Crippen LogP contribution in [0.25, 0.3) is 0 Å². The molecule has 0 fully saturated rings. The topological polar surface area (TPSA) is 85.4 Å². The normalized spacial score (nSPS) is 11.8. The van der Waals surface area contributed by atoms with E-state index in [9.17, 15) is 26.7 Å². The number of ether oxygens (including phenoxy) is 1. The maximum atomic E-state index is 12.7. The number of aliphatic carboxylic acids is 1. The highest BCUT2D eigenvalue weighted by atomic mass is 19.4. The lowest BCUT2D eigenvalue weighted by atomic mass is 10.1. The van der Waals surface area contributed by atoms with Crippen molar-refractivity contribution < 1.29 is 36.6 Å². The third kappa shape index (κ3) is 4.02. The van der Waals surface area contributed by atoms with Gasteiger partial charge in [-0.3, -0.25) is 9.78 Å². The molecule has 0 saturated carbocycles. The minimum absolute atomic E-state index is 0.254. The zero-order valence-electron chi connectivity index (χ0n) is 9.75. The number of pyridine rings is 1. The first-order valence-corrected chi connectivity index (χ1v) is 5.12. The fourth-order valence-corrected chi connectivity index (χ4v) is 1.49. The monoisotopic (exact) mass is 300 g/mol. The number of nitrogens with two attached hydrogens (primary N) is 1. The van der Waals surface area contributed by atoms with Gasteiger partial charge in [-0.1, -0.05) is 0 Å². The smallest absolute Gasteiger partial charge is 0.481 e. The number of hydrogen-bond acceptors (Lipinski definition) is 4. The van der Waals surface area contributed by atoms with Crippen molar-refractivity contribution in [2.45, 2.75) is 25.8 Å². The third-order valence-corrected chi connectivity index (χ3v) is 2.22. The lowest BCUT2D eigenvalue weighted by Crippen LogP contribution is -2.22. The molecule has 20 heavy (non-hydrogen) atoms. The van der Waals surface area contributed by atoms with Gasteiger partial charge in [-0.25, -0.2) is 8.78 Å². The molecule has 0 aliphatic carbocycles. The predicted molar refractivity (Wildman–Crippen MR) is 55.1 cm³/mol. The molecule has 112 valence electrons. The lowest BCUT2D eigenvalue weighted by Gasteiger charge is -2.18. The van der Waals surface area contributed by atoms with Crippen LogP contribution < -0.4 is 10.5 Å². The first-order valence-electron chi connectivity index (χ1n) is 5.12. The van der Waals surface area contributed by atoms with Gasteiger partial charge in [0.25, 0.3) is 6.43 Å². The van der Waals surface area contributed by atoms with E-state index in [2.05, 4.69) is 9.72 Å². The third-order valence-electron chi connectivity index (χ3n) is 2.22. The Morgan fingerprint density at radius 2 is 2.05 bits per heavy atom. The molecule has 1 aromatic rings. The number of carboxylic acids is 1. The zero-order valence-corrected chi connectivity index (χ0v) is 9.75. The van der Waals surface area contributed by atoms with Crippen molar-refractivity contribution in [3.8, 4) is 5.75 Å². The average molecular weight is 300 g/mol. The summed E-state index contributed by atoms with van der Waals surface area (Å²) in [5.74, 6) is -2.79. The molecule has 0 saturated heterocycles. The molecule has 0 aromatic carbocycles. The maximum Gasteiger partial charge on any atom is 0.573 e. The Balaban J connectivity index is 3.47. The fourth-order valence-electron chi connectivity index (χ4n) is 1.49. The second kappa shape index (κ2) is 5.99. The summed E-state index contributed by atoms with van der Waals surface area (Å²) in [7, 11) is 0. The van der Waals surface area contributed by atoms with Crippen LogP contribution in [-0.4, -0.2) is 22.4 Å². The second-order valence-electron chi connectivity index (χ2n) is 3.59. The van der Waals surface area contributed by atoms with E-state index in [0.29, 0.717) is 6.20 Å². The van der Waals surface area contributed by atoms with Crippen LogP contribution in [0.1, 0.15) is 23.2 Å². The Kier molecular flexibility index (Phi) is 4.82. The van der Waals surface area contributed by atoms with Crippen LogP contribution >= 0.6 is 0 Å². The van der Waals surface area contributed by atoms with Crippen molar-refractivity contribution in [2.24, 2.45) is 5.73 Å². The molecule has 0 unspecified atom stereocenters. The van der Waals surface area contributed by atoms with Gasteiger partial charge in [-0.2, -0.15) is 0 Å². The van der Waals surface area contributed by atoms with Crippen molar-refractivity contribution >= 4 is 5.97 Å². The molecule has 3 N–H and O–H groups in total. The number of aromatic nitrogens is 1. The maximum absolute atomic E-state index is 12.7. The zero-order chi connectivity index (χ0) is 15.5. The molecule has 1 aromatic heterocycles. The lowest BCUT2D eigenvalue weighted by molar-refractivity contribution is -0.275. The molecule has 0 radical (unpaired) electrons. The van der Waals surface area contributed by atoms with Crippen molar-refractivity contribution in [2.75, 3.05) is 0 Å². The highest BCUT2D eigenvalue weighted by Gasteiger charge is 2.35. The molecule has 0 aliphatic rings. The van der Waals surface area contributed by atoms with Crippen molar-refractivity contribution in [1.29, 1.82) is 0 Å². The average Bonchev–Trinajstić information content (AvgIpc) is 2.28. The highest BCUT2D eigenvalue weighted by molar-refractivity contribution is 5.72. The number of halogens is 5. The van der Waals surface area contributed by atoms with E-state index in [1.165, 1.54) is 0 Å². The van der Waals surface area contributed by atoms with E-state index < -0.39 is 48.6 Å². The summed E-state index contributed by atoms with van der Waals surface area (Å²) in [6, 6.07) is 0. The standard InChI is InChI=1S/C10H9F5N2O3/c11-9(12)5-3-17-6(2-16)4(1-7(18)19)8(5)20-10(13,14)15/h3,9H,1-2,16H2,(H,18,19). The summed E-state index contributed by atoms with van der Waals surface area (Å²) in [6.45, 7) is -0.416. The minimum Gasteiger partial charge on any atom is -0.481 e. The van der Waals surface area contributed by atoms with Crippen molar-refractivity contribution in [3.63, 3.8) is 0 Å². The summed E-state index contributed by atoms with van der Waals surface area (Å²) in [4.78, 5) is 14.1. The van der Waals surface area contributed by atoms with Gasteiger partial charge in [0.05, 0.1) is 17.7 Å². The van der Waals surface area contributed by atoms with Gasteiger partial charge >= 0.3 is 12.3 Å². The quantitative estimate of drug-likeness (QED) is 0.812. The Hall–Kier alpha value is -1.97. The van der Waals surface area contributed by atoms with Gasteiger partial charge in [0.2, 0.25) is 0 Å². The van der Waals surface area contributed by atoms with E-state index in [1.54, 1.807) is 0 Å². The summed E-state index contributed by atoms with van der Waals surface area (Å²) < 4.78 is 65.7. The largest absolute Gasteiger partial charge is 0.573 e. The molecule has 0 spiro atoms. The Morgan fingerprint density at radius 3 is 2.45 bits per heavy atom. The number of rotatable bonds is 5. The van der Waals surface area contributed by atoms with E-state index >= 15 is 0 Å². The predicted octanol–water partition coefficient (Wildman–Crippen LogP) is 2.00. The van der Waals surface area contributed by atoms with Crippen LogP contribution in [0.15, 0.2) is 6.20 Å². The highest BCUT2D eigenvalue weighted by Crippen LogP contribution is 2.36. The molecular weight excluding hydrogens is 291 g/mol. The van der Waals surface area contributed by atoms with Crippen LogP contribution in [0.3, 0.4) is 0 Å². The van der Waals surface area contributed by atoms with Gasteiger partial charge in [0.1, 0.15) is 5.75 Å². The van der Waals surface area contributed by atoms with Gasteiger partial charge < -0.3 is 15.6 Å². The van der Waals surface area contributed by atoms with Gasteiger partial charge in [0, 0.05) is 18.3 Å². The van der Waals surface area contributed by atoms with Crippen LogP contribution in [0.2, 0.25) is 0 Å². The van der Waals surface area contributed by atoms with Crippen molar-refractivity contribution in [1.82, 2.24) is 4.98 Å². The molecule has 10 heteroatoms. The number of carbonyl (C=O) groups is 1. The van der Waals surface area contributed by atoms with E-state index in [4.69, 9.17) is 10.8 Å². The van der Waals surface area contributed by atoms with E-state index in [-0.39, 0.29) is 5.69 Å². The summed E-state index contributed by atoms with van der Waals surface area (Å²) in [5, 5.41) is 8.65. The molecular formula is C10H9F5N2O3. The SMILES string of the molecule is NCc1ncc(C(F)F)c(OC(F)(F)F)c1CC(=O)O. The van der Waals surface area contributed by atoms with Crippen LogP contribution in [0.4, 0.5) is 22.0 Å². The van der Waals surface area contributed by atoms with E-state index in [1.807, 2.05) is 0 Å². The number of hydrogen-bond donors (Lipinski definition) is 2. The molecule has 5 nitrogen and oxygen atoms in total. The van der Waals surface area contributed by atoms with Crippen LogP contribution in [0.5, 0.6) is 5.75 Å². The first kappa shape index (κ1) is 16.1. The van der Waals surface area contributed by atoms with Gasteiger partial charge in [-0.05, 0) is 0 Å². The van der Waals surface area contributed by atoms with Crippen LogP contribution in [0, 0.1) is 0 Å². The Bertz CT molecular complexity index is 504. The summed E-state index contributed by atoms with van der Waals surface area (Å²) in [5.41, 5.74) is 3.19. The molecule has 0 aliphatic heterocycles. The van der Waals surface area contributed by atoms with E-state index in [0.717, 1.165) is 0 Å². The number of nitrogens with zero attached hydrogens (tertiary/aromatic N) is 1.